The van der Waals surface area contributed by atoms with Crippen molar-refractivity contribution in [1.29, 1.82) is 0 Å². The zero-order valence-electron chi connectivity index (χ0n) is 11.4. The Labute approximate surface area is 113 Å². The van der Waals surface area contributed by atoms with Gasteiger partial charge in [0.25, 0.3) is 0 Å². The van der Waals surface area contributed by atoms with Gasteiger partial charge in [0.15, 0.2) is 11.6 Å². The van der Waals surface area contributed by atoms with Crippen LogP contribution in [0.2, 0.25) is 0 Å². The largest absolute Gasteiger partial charge is 0.387 e. The highest BCUT2D eigenvalue weighted by Crippen LogP contribution is 2.26. The van der Waals surface area contributed by atoms with E-state index < -0.39 is 17.7 Å². The topological polar surface area (TPSA) is 23.5 Å². The summed E-state index contributed by atoms with van der Waals surface area (Å²) in [4.78, 5) is 2.15. The molecule has 1 saturated heterocycles. The lowest BCUT2D eigenvalue weighted by Gasteiger charge is -2.37. The molecule has 3 unspecified atom stereocenters. The molecular formula is C15H21F2NO. The summed E-state index contributed by atoms with van der Waals surface area (Å²) in [7, 11) is 0. The van der Waals surface area contributed by atoms with E-state index in [-0.39, 0.29) is 5.56 Å². The number of hydrogen-bond acceptors (Lipinski definition) is 2. The number of aliphatic hydroxyl groups excluding tert-OH is 1. The number of rotatable bonds is 3. The van der Waals surface area contributed by atoms with Crippen LogP contribution in [0.4, 0.5) is 8.78 Å². The summed E-state index contributed by atoms with van der Waals surface area (Å²) in [6, 6.07) is 4.31. The number of likely N-dealkylation sites (tertiary alicyclic amines) is 1. The first-order valence-electron chi connectivity index (χ1n) is 6.85. The van der Waals surface area contributed by atoms with Crippen molar-refractivity contribution in [3.63, 3.8) is 0 Å². The van der Waals surface area contributed by atoms with Gasteiger partial charge in [-0.15, -0.1) is 0 Å². The Morgan fingerprint density at radius 1 is 1.37 bits per heavy atom. The molecule has 2 rings (SSSR count). The van der Waals surface area contributed by atoms with Crippen molar-refractivity contribution in [1.82, 2.24) is 4.90 Å². The van der Waals surface area contributed by atoms with Gasteiger partial charge in [-0.1, -0.05) is 19.1 Å². The van der Waals surface area contributed by atoms with Gasteiger partial charge in [0.05, 0.1) is 6.10 Å². The van der Waals surface area contributed by atoms with E-state index >= 15 is 0 Å². The maximum atomic E-state index is 13.6. The average Bonchev–Trinajstić information content (AvgIpc) is 2.36. The quantitative estimate of drug-likeness (QED) is 0.911. The van der Waals surface area contributed by atoms with E-state index in [1.807, 2.05) is 0 Å². The molecule has 1 aromatic carbocycles. The molecule has 0 aliphatic carbocycles. The van der Waals surface area contributed by atoms with Gasteiger partial charge >= 0.3 is 0 Å². The van der Waals surface area contributed by atoms with Crippen molar-refractivity contribution in [3.05, 3.63) is 35.4 Å². The molecule has 1 aliphatic rings. The molecule has 1 aliphatic heterocycles. The van der Waals surface area contributed by atoms with Crippen LogP contribution in [0.15, 0.2) is 18.2 Å². The highest BCUT2D eigenvalue weighted by molar-refractivity contribution is 5.21. The molecule has 0 saturated carbocycles. The third-order valence-electron chi connectivity index (χ3n) is 4.02. The molecule has 0 radical (unpaired) electrons. The second kappa shape index (κ2) is 5.97. The van der Waals surface area contributed by atoms with Crippen LogP contribution in [0, 0.1) is 17.6 Å². The standard InChI is InChI=1S/C15H21F2NO/c1-10-6-7-18(11(2)8-10)9-14(19)12-4-3-5-13(16)15(12)17/h3-5,10-11,14,19H,6-9H2,1-2H3. The Kier molecular flexibility index (Phi) is 4.53. The number of halogens is 2. The van der Waals surface area contributed by atoms with Crippen molar-refractivity contribution in [2.45, 2.75) is 38.8 Å². The molecule has 19 heavy (non-hydrogen) atoms. The van der Waals surface area contributed by atoms with E-state index in [0.29, 0.717) is 18.5 Å². The van der Waals surface area contributed by atoms with Crippen LogP contribution in [-0.2, 0) is 0 Å². The summed E-state index contributed by atoms with van der Waals surface area (Å²) in [5, 5.41) is 10.1. The summed E-state index contributed by atoms with van der Waals surface area (Å²) in [5.74, 6) is -1.15. The van der Waals surface area contributed by atoms with Crippen molar-refractivity contribution in [2.24, 2.45) is 5.92 Å². The Bertz CT molecular complexity index is 438. The Morgan fingerprint density at radius 2 is 2.11 bits per heavy atom. The number of benzene rings is 1. The molecule has 3 atom stereocenters. The van der Waals surface area contributed by atoms with E-state index in [1.54, 1.807) is 0 Å². The van der Waals surface area contributed by atoms with Crippen LogP contribution in [0.1, 0.15) is 38.4 Å². The molecule has 106 valence electrons. The van der Waals surface area contributed by atoms with Crippen molar-refractivity contribution < 1.29 is 13.9 Å². The molecule has 0 spiro atoms. The molecule has 4 heteroatoms. The minimum Gasteiger partial charge on any atom is -0.387 e. The van der Waals surface area contributed by atoms with Gasteiger partial charge in [-0.2, -0.15) is 0 Å². The maximum Gasteiger partial charge on any atom is 0.164 e. The molecule has 1 aromatic rings. The van der Waals surface area contributed by atoms with E-state index in [4.69, 9.17) is 0 Å². The molecule has 2 nitrogen and oxygen atoms in total. The van der Waals surface area contributed by atoms with Crippen LogP contribution >= 0.6 is 0 Å². The van der Waals surface area contributed by atoms with Crippen LogP contribution in [0.25, 0.3) is 0 Å². The van der Waals surface area contributed by atoms with Crippen LogP contribution in [-0.4, -0.2) is 29.1 Å². The van der Waals surface area contributed by atoms with Crippen molar-refractivity contribution in [3.8, 4) is 0 Å². The van der Waals surface area contributed by atoms with Gasteiger partial charge in [0.2, 0.25) is 0 Å². The van der Waals surface area contributed by atoms with Crippen molar-refractivity contribution in [2.75, 3.05) is 13.1 Å². The fourth-order valence-electron chi connectivity index (χ4n) is 2.83. The monoisotopic (exact) mass is 269 g/mol. The molecule has 0 bridgehead atoms. The van der Waals surface area contributed by atoms with E-state index in [9.17, 15) is 13.9 Å². The van der Waals surface area contributed by atoms with Gasteiger partial charge in [0.1, 0.15) is 0 Å². The van der Waals surface area contributed by atoms with Gasteiger partial charge in [0, 0.05) is 18.2 Å². The highest BCUT2D eigenvalue weighted by Gasteiger charge is 2.26. The molecule has 1 fully saturated rings. The minimum absolute atomic E-state index is 0.0471. The highest BCUT2D eigenvalue weighted by atomic mass is 19.2. The third kappa shape index (κ3) is 3.31. The first kappa shape index (κ1) is 14.4. The summed E-state index contributed by atoms with van der Waals surface area (Å²) in [5.41, 5.74) is 0.0471. The molecule has 0 aromatic heterocycles. The predicted octanol–water partition coefficient (Wildman–Crippen LogP) is 3.12. The molecule has 0 amide bonds. The zero-order valence-corrected chi connectivity index (χ0v) is 11.4. The normalized spacial score (nSPS) is 26.4. The zero-order chi connectivity index (χ0) is 14.0. The lowest BCUT2D eigenvalue weighted by Crippen LogP contribution is -2.42. The number of hydrogen-bond donors (Lipinski definition) is 1. The second-order valence-electron chi connectivity index (χ2n) is 5.63. The number of nitrogens with zero attached hydrogens (tertiary/aromatic N) is 1. The lowest BCUT2D eigenvalue weighted by atomic mass is 9.93. The number of piperidine rings is 1. The second-order valence-corrected chi connectivity index (χ2v) is 5.63. The fraction of sp³-hybridized carbons (Fsp3) is 0.600. The third-order valence-corrected chi connectivity index (χ3v) is 4.02. The van der Waals surface area contributed by atoms with Crippen molar-refractivity contribution >= 4 is 0 Å². The van der Waals surface area contributed by atoms with Gasteiger partial charge in [-0.25, -0.2) is 8.78 Å². The molecule has 1 N–H and O–H groups in total. The Balaban J connectivity index is 2.04. The average molecular weight is 269 g/mol. The minimum atomic E-state index is -0.980. The van der Waals surface area contributed by atoms with Gasteiger partial charge in [-0.05, 0) is 38.3 Å². The summed E-state index contributed by atoms with van der Waals surface area (Å²) in [6.07, 6.45) is 1.19. The Morgan fingerprint density at radius 3 is 2.79 bits per heavy atom. The van der Waals surface area contributed by atoms with E-state index in [0.717, 1.165) is 25.5 Å². The SMILES string of the molecule is CC1CCN(CC(O)c2cccc(F)c2F)C(C)C1. The number of β-amino-alcohol motifs (C(OH)–C–C–N with tert-alkyl or cyclic N) is 1. The Hall–Kier alpha value is -1.00. The molecule has 1 heterocycles. The summed E-state index contributed by atoms with van der Waals surface area (Å²) >= 11 is 0. The van der Waals surface area contributed by atoms with Crippen LogP contribution in [0.5, 0.6) is 0 Å². The summed E-state index contributed by atoms with van der Waals surface area (Å²) < 4.78 is 26.8. The van der Waals surface area contributed by atoms with E-state index in [2.05, 4.69) is 18.7 Å². The molecular weight excluding hydrogens is 248 g/mol. The smallest absolute Gasteiger partial charge is 0.164 e. The van der Waals surface area contributed by atoms with E-state index in [1.165, 1.54) is 12.1 Å². The predicted molar refractivity (Wildman–Crippen MR) is 70.8 cm³/mol. The van der Waals surface area contributed by atoms with Crippen LogP contribution < -0.4 is 0 Å². The van der Waals surface area contributed by atoms with Gasteiger partial charge < -0.3 is 5.11 Å². The summed E-state index contributed by atoms with van der Waals surface area (Å²) in [6.45, 7) is 5.59. The fourth-order valence-corrected chi connectivity index (χ4v) is 2.83. The first-order chi connectivity index (χ1) is 8.99. The number of aliphatic hydroxyl groups is 1. The maximum absolute atomic E-state index is 13.6. The van der Waals surface area contributed by atoms with Gasteiger partial charge in [-0.3, -0.25) is 4.90 Å². The lowest BCUT2D eigenvalue weighted by molar-refractivity contribution is 0.0581. The van der Waals surface area contributed by atoms with Crippen LogP contribution in [0.3, 0.4) is 0 Å². The first-order valence-corrected chi connectivity index (χ1v) is 6.85.